The summed E-state index contributed by atoms with van der Waals surface area (Å²) < 4.78 is 5.65. The van der Waals surface area contributed by atoms with Gasteiger partial charge in [0.15, 0.2) is 5.58 Å². The van der Waals surface area contributed by atoms with Crippen molar-refractivity contribution in [3.05, 3.63) is 60.1 Å². The quantitative estimate of drug-likeness (QED) is 0.494. The molecule has 1 aliphatic rings. The molecule has 0 radical (unpaired) electrons. The summed E-state index contributed by atoms with van der Waals surface area (Å²) in [4.78, 5) is 18.9. The van der Waals surface area contributed by atoms with Crippen LogP contribution in [0.5, 0.6) is 0 Å². The van der Waals surface area contributed by atoms with E-state index in [1.807, 2.05) is 30.3 Å². The highest BCUT2D eigenvalue weighted by atomic mass is 35.5. The van der Waals surface area contributed by atoms with Crippen LogP contribution in [0.25, 0.3) is 11.0 Å². The number of fused-ring (bicyclic) bond motifs is 1. The van der Waals surface area contributed by atoms with Gasteiger partial charge in [0.1, 0.15) is 5.69 Å². The number of anilines is 1. The lowest BCUT2D eigenvalue weighted by Crippen LogP contribution is -2.43. The van der Waals surface area contributed by atoms with Gasteiger partial charge in [-0.05, 0) is 36.3 Å². The van der Waals surface area contributed by atoms with Crippen LogP contribution in [0.15, 0.2) is 53.3 Å². The zero-order valence-electron chi connectivity index (χ0n) is 15.0. The van der Waals surface area contributed by atoms with Gasteiger partial charge in [-0.25, -0.2) is 4.98 Å². The van der Waals surface area contributed by atoms with Crippen LogP contribution in [0.2, 0.25) is 0 Å². The first-order valence-electron chi connectivity index (χ1n) is 8.50. The molecular formula is C20H20Cl2N4O2. The topological polar surface area (TPSA) is 70.4 Å². The predicted molar refractivity (Wildman–Crippen MR) is 114 cm³/mol. The van der Waals surface area contributed by atoms with Crippen molar-refractivity contribution in [2.45, 2.75) is 0 Å². The number of nitrogens with zero attached hydrogens (tertiary/aromatic N) is 2. The average Bonchev–Trinajstić information content (AvgIpc) is 3.17. The van der Waals surface area contributed by atoms with Gasteiger partial charge in [0.2, 0.25) is 0 Å². The Morgan fingerprint density at radius 2 is 2.00 bits per heavy atom. The molecule has 1 aromatic carbocycles. The second-order valence-electron chi connectivity index (χ2n) is 5.99. The zero-order valence-corrected chi connectivity index (χ0v) is 16.6. The van der Waals surface area contributed by atoms with Crippen molar-refractivity contribution in [1.29, 1.82) is 0 Å². The number of piperazine rings is 1. The highest BCUT2D eigenvalue weighted by Gasteiger charge is 2.18. The van der Waals surface area contributed by atoms with Crippen molar-refractivity contribution in [2.75, 3.05) is 31.1 Å². The second-order valence-corrected chi connectivity index (χ2v) is 5.99. The first-order valence-corrected chi connectivity index (χ1v) is 8.50. The maximum Gasteiger partial charge on any atom is 0.262 e. The van der Waals surface area contributed by atoms with Crippen LogP contribution >= 0.6 is 24.8 Å². The maximum atomic E-state index is 12.5. The molecule has 0 saturated carbocycles. The van der Waals surface area contributed by atoms with E-state index >= 15 is 0 Å². The van der Waals surface area contributed by atoms with Crippen molar-refractivity contribution < 1.29 is 9.21 Å². The lowest BCUT2D eigenvalue weighted by molar-refractivity contribution is 0.0973. The molecule has 0 bridgehead atoms. The summed E-state index contributed by atoms with van der Waals surface area (Å²) in [6.07, 6.45) is 3.32. The normalized spacial score (nSPS) is 12.9. The van der Waals surface area contributed by atoms with Gasteiger partial charge in [0.25, 0.3) is 5.91 Å². The minimum Gasteiger partial charge on any atom is -0.462 e. The summed E-state index contributed by atoms with van der Waals surface area (Å²) >= 11 is 0. The van der Waals surface area contributed by atoms with Crippen LogP contribution in [0.1, 0.15) is 16.1 Å². The third-order valence-electron chi connectivity index (χ3n) is 4.28. The van der Waals surface area contributed by atoms with E-state index in [2.05, 4.69) is 32.5 Å². The van der Waals surface area contributed by atoms with Gasteiger partial charge in [-0.2, -0.15) is 0 Å². The van der Waals surface area contributed by atoms with Gasteiger partial charge in [-0.3, -0.25) is 10.1 Å². The summed E-state index contributed by atoms with van der Waals surface area (Å²) in [7, 11) is 0. The van der Waals surface area contributed by atoms with E-state index in [0.717, 1.165) is 42.8 Å². The molecule has 0 unspecified atom stereocenters. The molecule has 0 atom stereocenters. The molecule has 1 fully saturated rings. The Kier molecular flexibility index (Phi) is 7.70. The molecule has 1 aliphatic heterocycles. The van der Waals surface area contributed by atoms with E-state index in [4.69, 9.17) is 4.42 Å². The van der Waals surface area contributed by atoms with Gasteiger partial charge in [0.05, 0.1) is 12.0 Å². The summed E-state index contributed by atoms with van der Waals surface area (Å²) in [6.45, 7) is 3.57. The standard InChI is InChI=1S/C20H18N4O2.2ClH/c25-20(23-7-4-17-3-1-2-6-22-17)16-13-15-5-12-26-19(15)18(14-16)24-10-8-21-9-11-24;;/h1-3,5-6,12-14,21H,8-11H2,(H,23,25);2*1H. The summed E-state index contributed by atoms with van der Waals surface area (Å²) in [5.41, 5.74) is 2.92. The Morgan fingerprint density at radius 1 is 1.18 bits per heavy atom. The molecule has 6 nitrogen and oxygen atoms in total. The van der Waals surface area contributed by atoms with Gasteiger partial charge >= 0.3 is 0 Å². The molecule has 4 rings (SSSR count). The van der Waals surface area contributed by atoms with Crippen molar-refractivity contribution in [3.8, 4) is 12.0 Å². The van der Waals surface area contributed by atoms with Gasteiger partial charge in [-0.1, -0.05) is 6.07 Å². The van der Waals surface area contributed by atoms with Gasteiger partial charge in [0, 0.05) is 49.4 Å². The molecule has 2 aromatic heterocycles. The van der Waals surface area contributed by atoms with E-state index in [1.165, 1.54) is 0 Å². The number of aromatic nitrogens is 1. The largest absolute Gasteiger partial charge is 0.462 e. The van der Waals surface area contributed by atoms with Gasteiger partial charge < -0.3 is 14.6 Å². The molecule has 1 saturated heterocycles. The molecule has 146 valence electrons. The van der Waals surface area contributed by atoms with Crippen molar-refractivity contribution in [2.24, 2.45) is 0 Å². The fraction of sp³-hybridized carbons (Fsp3) is 0.200. The minimum atomic E-state index is -0.243. The molecular weight excluding hydrogens is 399 g/mol. The van der Waals surface area contributed by atoms with Crippen LogP contribution in [0.3, 0.4) is 0 Å². The number of rotatable bonds is 2. The molecule has 0 spiro atoms. The molecule has 3 aromatic rings. The number of carbonyl (C=O) groups is 1. The molecule has 1 amide bonds. The Hall–Kier alpha value is -2.72. The summed E-state index contributed by atoms with van der Waals surface area (Å²) in [5, 5.41) is 6.87. The summed E-state index contributed by atoms with van der Waals surface area (Å²) in [5.74, 6) is 2.58. The first kappa shape index (κ1) is 21.6. The highest BCUT2D eigenvalue weighted by molar-refractivity contribution is 6.02. The number of hydrogen-bond acceptors (Lipinski definition) is 5. The molecule has 2 N–H and O–H groups in total. The Bertz CT molecular complexity index is 990. The van der Waals surface area contributed by atoms with Crippen LogP contribution in [0, 0.1) is 12.0 Å². The number of carbonyl (C=O) groups excluding carboxylic acids is 1. The van der Waals surface area contributed by atoms with E-state index in [9.17, 15) is 4.79 Å². The smallest absolute Gasteiger partial charge is 0.262 e. The highest BCUT2D eigenvalue weighted by Crippen LogP contribution is 2.30. The van der Waals surface area contributed by atoms with Crippen LogP contribution in [-0.2, 0) is 0 Å². The Labute approximate surface area is 175 Å². The number of benzene rings is 1. The Morgan fingerprint density at radius 3 is 2.75 bits per heavy atom. The first-order chi connectivity index (χ1) is 12.8. The third-order valence-corrected chi connectivity index (χ3v) is 4.28. The zero-order chi connectivity index (χ0) is 17.8. The molecule has 0 aliphatic carbocycles. The molecule has 3 heterocycles. The monoisotopic (exact) mass is 418 g/mol. The molecule has 28 heavy (non-hydrogen) atoms. The number of amides is 1. The third kappa shape index (κ3) is 4.76. The van der Waals surface area contributed by atoms with Crippen LogP contribution < -0.4 is 15.5 Å². The summed E-state index contributed by atoms with van der Waals surface area (Å²) in [6, 6.07) is 13.7. The fourth-order valence-electron chi connectivity index (χ4n) is 3.00. The van der Waals surface area contributed by atoms with E-state index in [-0.39, 0.29) is 30.7 Å². The van der Waals surface area contributed by atoms with Gasteiger partial charge in [-0.15, -0.1) is 24.8 Å². The lowest BCUT2D eigenvalue weighted by atomic mass is 10.1. The minimum absolute atomic E-state index is 0. The fourth-order valence-corrected chi connectivity index (χ4v) is 3.00. The number of pyridine rings is 1. The van der Waals surface area contributed by atoms with E-state index in [0.29, 0.717) is 11.3 Å². The lowest BCUT2D eigenvalue weighted by Gasteiger charge is -2.29. The molecule has 8 heteroatoms. The number of hydrogen-bond donors (Lipinski definition) is 2. The van der Waals surface area contributed by atoms with Crippen LogP contribution in [-0.4, -0.2) is 37.1 Å². The van der Waals surface area contributed by atoms with E-state index < -0.39 is 0 Å². The average molecular weight is 419 g/mol. The van der Waals surface area contributed by atoms with Crippen molar-refractivity contribution >= 4 is 47.4 Å². The van der Waals surface area contributed by atoms with E-state index in [1.54, 1.807) is 18.5 Å². The predicted octanol–water partition coefficient (Wildman–Crippen LogP) is 2.82. The van der Waals surface area contributed by atoms with Crippen LogP contribution in [0.4, 0.5) is 5.69 Å². The number of furan rings is 1. The Balaban J connectivity index is 0.00000140. The maximum absolute atomic E-state index is 12.5. The number of nitrogens with one attached hydrogen (secondary N) is 2. The SMILES string of the molecule is Cl.Cl.O=C(NC#Cc1ccccn1)c1cc(N2CCNCC2)c2occc2c1. The number of halogens is 2. The second kappa shape index (κ2) is 10.00. The van der Waals surface area contributed by atoms with Crippen molar-refractivity contribution in [1.82, 2.24) is 15.6 Å². The van der Waals surface area contributed by atoms with Crippen molar-refractivity contribution in [3.63, 3.8) is 0 Å².